The number of sulfonamides is 1. The van der Waals surface area contributed by atoms with Crippen LogP contribution in [0.15, 0.2) is 0 Å². The lowest BCUT2D eigenvalue weighted by atomic mass is 10.3. The molecule has 0 saturated carbocycles. The van der Waals surface area contributed by atoms with E-state index in [-0.39, 0.29) is 18.1 Å². The van der Waals surface area contributed by atoms with E-state index < -0.39 is 25.2 Å². The minimum atomic E-state index is -3.51. The van der Waals surface area contributed by atoms with Gasteiger partial charge in [-0.05, 0) is 19.4 Å². The summed E-state index contributed by atoms with van der Waals surface area (Å²) >= 11 is 1.49. The average molecular weight is 330 g/mol. The molecule has 0 aromatic carbocycles. The molecule has 1 atom stereocenters. The summed E-state index contributed by atoms with van der Waals surface area (Å²) in [6.07, 6.45) is 1.11. The summed E-state index contributed by atoms with van der Waals surface area (Å²) < 4.78 is 49.7. The van der Waals surface area contributed by atoms with Crippen LogP contribution >= 0.6 is 11.8 Å². The Morgan fingerprint density at radius 3 is 2.53 bits per heavy atom. The maximum Gasteiger partial charge on any atom is 0.215 e. The van der Waals surface area contributed by atoms with E-state index >= 15 is 0 Å². The lowest BCUT2D eigenvalue weighted by molar-refractivity contribution is 0.403. The first-order valence-corrected chi connectivity index (χ1v) is 10.8. The van der Waals surface area contributed by atoms with Crippen LogP contribution in [0, 0.1) is 0 Å². The van der Waals surface area contributed by atoms with Gasteiger partial charge in [-0.15, -0.1) is 0 Å². The summed E-state index contributed by atoms with van der Waals surface area (Å²) in [7, 11) is -6.90. The van der Waals surface area contributed by atoms with Crippen LogP contribution in [0.25, 0.3) is 0 Å². The maximum absolute atomic E-state index is 12.2. The Balaban J connectivity index is 2.88. The molecule has 0 bridgehead atoms. The summed E-state index contributed by atoms with van der Waals surface area (Å²) in [6, 6.07) is 0. The fourth-order valence-electron chi connectivity index (χ4n) is 1.91. The van der Waals surface area contributed by atoms with Gasteiger partial charge in [0, 0.05) is 23.8 Å². The Kier molecular flexibility index (Phi) is 6.58. The summed E-state index contributed by atoms with van der Waals surface area (Å²) in [5.41, 5.74) is 5.35. The molecule has 19 heavy (non-hydrogen) atoms. The molecule has 114 valence electrons. The smallest absolute Gasteiger partial charge is 0.215 e. The molecule has 1 aliphatic heterocycles. The van der Waals surface area contributed by atoms with Gasteiger partial charge in [0.05, 0.1) is 5.75 Å². The third-order valence-electron chi connectivity index (χ3n) is 3.07. The highest BCUT2D eigenvalue weighted by Crippen LogP contribution is 2.24. The first kappa shape index (κ1) is 17.2. The minimum Gasteiger partial charge on any atom is -0.330 e. The van der Waals surface area contributed by atoms with Crippen LogP contribution in [0.2, 0.25) is 0 Å². The number of rotatable bonds is 7. The second kappa shape index (κ2) is 7.26. The van der Waals surface area contributed by atoms with Crippen molar-refractivity contribution >= 4 is 31.6 Å². The van der Waals surface area contributed by atoms with Gasteiger partial charge in [0.25, 0.3) is 0 Å². The molecule has 1 fully saturated rings. The Morgan fingerprint density at radius 1 is 1.26 bits per heavy atom. The van der Waals surface area contributed by atoms with Crippen molar-refractivity contribution in [1.82, 2.24) is 4.31 Å². The van der Waals surface area contributed by atoms with Crippen molar-refractivity contribution < 1.29 is 16.8 Å². The lowest BCUT2D eigenvalue weighted by Crippen LogP contribution is -2.51. The van der Waals surface area contributed by atoms with Gasteiger partial charge in [-0.2, -0.15) is 16.1 Å². The lowest BCUT2D eigenvalue weighted by Gasteiger charge is -2.33. The molecular weight excluding hydrogens is 308 g/mol. The summed E-state index contributed by atoms with van der Waals surface area (Å²) in [5.74, 6) is 0.912. The number of nitrogens with two attached hydrogens (primary N) is 1. The molecule has 1 aliphatic rings. The number of hydrogen-bond donors (Lipinski definition) is 1. The van der Waals surface area contributed by atoms with Crippen molar-refractivity contribution in [3.05, 3.63) is 0 Å². The van der Waals surface area contributed by atoms with Gasteiger partial charge in [0.15, 0.2) is 9.84 Å². The van der Waals surface area contributed by atoms with Gasteiger partial charge in [0.1, 0.15) is 5.37 Å². The maximum atomic E-state index is 12.2. The van der Waals surface area contributed by atoms with Gasteiger partial charge >= 0.3 is 0 Å². The zero-order valence-corrected chi connectivity index (χ0v) is 13.6. The van der Waals surface area contributed by atoms with Gasteiger partial charge in [0.2, 0.25) is 10.0 Å². The van der Waals surface area contributed by atoms with Gasteiger partial charge in [-0.3, -0.25) is 0 Å². The monoisotopic (exact) mass is 330 g/mol. The van der Waals surface area contributed by atoms with Crippen molar-refractivity contribution in [2.75, 3.05) is 36.1 Å². The van der Waals surface area contributed by atoms with Crippen molar-refractivity contribution in [2.45, 2.75) is 25.1 Å². The van der Waals surface area contributed by atoms with Crippen LogP contribution in [-0.2, 0) is 19.9 Å². The first-order chi connectivity index (χ1) is 8.85. The van der Waals surface area contributed by atoms with E-state index in [1.807, 2.05) is 0 Å². The second-order valence-electron chi connectivity index (χ2n) is 4.40. The molecule has 1 heterocycles. The predicted octanol–water partition coefficient (Wildman–Crippen LogP) is -0.135. The van der Waals surface area contributed by atoms with Crippen molar-refractivity contribution in [1.29, 1.82) is 0 Å². The molecule has 6 nitrogen and oxygen atoms in total. The van der Waals surface area contributed by atoms with E-state index in [1.165, 1.54) is 16.1 Å². The topological polar surface area (TPSA) is 97.5 Å². The number of nitrogens with zero attached hydrogens (tertiary/aromatic N) is 1. The largest absolute Gasteiger partial charge is 0.330 e. The molecule has 0 aromatic rings. The Morgan fingerprint density at radius 2 is 1.95 bits per heavy atom. The fraction of sp³-hybridized carbons (Fsp3) is 1.00. The molecule has 0 radical (unpaired) electrons. The highest BCUT2D eigenvalue weighted by molar-refractivity contribution is 8.01. The van der Waals surface area contributed by atoms with Crippen molar-refractivity contribution in [3.63, 3.8) is 0 Å². The van der Waals surface area contributed by atoms with E-state index in [0.717, 1.165) is 0 Å². The van der Waals surface area contributed by atoms with E-state index in [1.54, 1.807) is 6.92 Å². The third kappa shape index (κ3) is 4.59. The zero-order chi connectivity index (χ0) is 14.5. The number of unbranched alkanes of at least 4 members (excludes halogenated alkanes) is 1. The molecule has 2 N–H and O–H groups in total. The fourth-order valence-corrected chi connectivity index (χ4v) is 7.35. The summed E-state index contributed by atoms with van der Waals surface area (Å²) in [6.45, 7) is 2.27. The molecule has 0 aliphatic carbocycles. The summed E-state index contributed by atoms with van der Waals surface area (Å²) in [5, 5.41) is -0.904. The molecule has 9 heteroatoms. The highest BCUT2D eigenvalue weighted by atomic mass is 32.2. The van der Waals surface area contributed by atoms with E-state index in [0.29, 0.717) is 30.9 Å². The van der Waals surface area contributed by atoms with Crippen LogP contribution in [0.5, 0.6) is 0 Å². The quantitative estimate of drug-likeness (QED) is 0.653. The van der Waals surface area contributed by atoms with E-state index in [4.69, 9.17) is 5.73 Å². The second-order valence-corrected chi connectivity index (χ2v) is 10.0. The molecule has 1 rings (SSSR count). The molecular formula is C10H22N2O4S3. The number of thioether (sulfide) groups is 1. The molecule has 0 amide bonds. The molecule has 0 aromatic heterocycles. The number of hydrogen-bond acceptors (Lipinski definition) is 6. The van der Waals surface area contributed by atoms with Crippen LogP contribution in [0.3, 0.4) is 0 Å². The predicted molar refractivity (Wildman–Crippen MR) is 79.4 cm³/mol. The third-order valence-corrected chi connectivity index (χ3v) is 8.45. The van der Waals surface area contributed by atoms with Crippen LogP contribution in [0.1, 0.15) is 19.8 Å². The van der Waals surface area contributed by atoms with E-state index in [2.05, 4.69) is 0 Å². The SMILES string of the molecule is CCS(=O)(=O)C1CSCCN1S(=O)(=O)CCCCN. The molecule has 0 spiro atoms. The van der Waals surface area contributed by atoms with E-state index in [9.17, 15) is 16.8 Å². The van der Waals surface area contributed by atoms with Crippen LogP contribution in [-0.4, -0.2) is 62.6 Å². The van der Waals surface area contributed by atoms with Crippen LogP contribution in [0.4, 0.5) is 0 Å². The molecule has 1 saturated heterocycles. The van der Waals surface area contributed by atoms with Gasteiger partial charge in [-0.25, -0.2) is 16.8 Å². The highest BCUT2D eigenvalue weighted by Gasteiger charge is 2.39. The zero-order valence-electron chi connectivity index (χ0n) is 11.1. The molecule has 1 unspecified atom stereocenters. The van der Waals surface area contributed by atoms with Crippen molar-refractivity contribution in [2.24, 2.45) is 5.73 Å². The standard InChI is InChI=1S/C10H22N2O4S3/c1-2-18(13,14)10-9-17-7-6-12(10)19(15,16)8-4-3-5-11/h10H,2-9,11H2,1H3. The number of sulfone groups is 1. The Labute approximate surface area is 120 Å². The van der Waals surface area contributed by atoms with Gasteiger partial charge in [-0.1, -0.05) is 6.92 Å². The summed E-state index contributed by atoms with van der Waals surface area (Å²) in [4.78, 5) is 0. The first-order valence-electron chi connectivity index (χ1n) is 6.34. The normalized spacial score (nSPS) is 22.5. The van der Waals surface area contributed by atoms with Gasteiger partial charge < -0.3 is 5.73 Å². The Bertz CT molecular complexity index is 475. The Hall–Kier alpha value is 0.170. The minimum absolute atomic E-state index is 0.0232. The average Bonchev–Trinajstić information content (AvgIpc) is 2.39. The van der Waals surface area contributed by atoms with Crippen LogP contribution < -0.4 is 5.73 Å². The van der Waals surface area contributed by atoms with Crippen molar-refractivity contribution in [3.8, 4) is 0 Å².